The van der Waals surface area contributed by atoms with E-state index in [1.807, 2.05) is 12.1 Å². The first-order valence-electron chi connectivity index (χ1n) is 5.17. The molecule has 1 aliphatic rings. The van der Waals surface area contributed by atoms with Gasteiger partial charge in [-0.25, -0.2) is 0 Å². The second-order valence-corrected chi connectivity index (χ2v) is 3.94. The Labute approximate surface area is 79.1 Å². The van der Waals surface area contributed by atoms with Crippen LogP contribution in [-0.2, 0) is 0 Å². The second-order valence-electron chi connectivity index (χ2n) is 3.94. The molecule has 1 heterocycles. The van der Waals surface area contributed by atoms with Crippen LogP contribution in [0.15, 0.2) is 22.8 Å². The smallest absolute Gasteiger partial charge is 0.120 e. The summed E-state index contributed by atoms with van der Waals surface area (Å²) in [4.78, 5) is 0. The molecule has 1 aliphatic carbocycles. The molecule has 1 saturated carbocycles. The summed E-state index contributed by atoms with van der Waals surface area (Å²) in [5.74, 6) is 1.59. The van der Waals surface area contributed by atoms with Crippen molar-refractivity contribution in [2.45, 2.75) is 38.1 Å². The molecule has 13 heavy (non-hydrogen) atoms. The normalized spacial score (nSPS) is 21.6. The van der Waals surface area contributed by atoms with Crippen molar-refractivity contribution in [2.75, 3.05) is 0 Å². The summed E-state index contributed by atoms with van der Waals surface area (Å²) in [6, 6.07) is 4.02. The third kappa shape index (κ3) is 1.94. The lowest BCUT2D eigenvalue weighted by Crippen LogP contribution is -2.22. The molecule has 0 radical (unpaired) electrons. The summed E-state index contributed by atoms with van der Waals surface area (Å²) in [6.45, 7) is 0. The minimum atomic E-state index is 0.121. The predicted molar refractivity (Wildman–Crippen MR) is 52.2 cm³/mol. The largest absolute Gasteiger partial charge is 0.468 e. The first-order chi connectivity index (χ1) is 6.38. The minimum Gasteiger partial charge on any atom is -0.468 e. The quantitative estimate of drug-likeness (QED) is 0.758. The number of nitrogens with two attached hydrogens (primary N) is 1. The molecule has 0 spiro atoms. The van der Waals surface area contributed by atoms with Crippen LogP contribution < -0.4 is 5.73 Å². The SMILES string of the molecule is N[C@@H](c1ccco1)C1CCCCC1. The molecular weight excluding hydrogens is 162 g/mol. The van der Waals surface area contributed by atoms with Gasteiger partial charge in [-0.1, -0.05) is 19.3 Å². The van der Waals surface area contributed by atoms with Crippen molar-refractivity contribution >= 4 is 0 Å². The van der Waals surface area contributed by atoms with Gasteiger partial charge in [0.15, 0.2) is 0 Å². The number of rotatable bonds is 2. The summed E-state index contributed by atoms with van der Waals surface area (Å²) in [5, 5.41) is 0. The Morgan fingerprint density at radius 1 is 1.31 bits per heavy atom. The lowest BCUT2D eigenvalue weighted by molar-refractivity contribution is 0.280. The van der Waals surface area contributed by atoms with Crippen LogP contribution in [0.4, 0.5) is 0 Å². The van der Waals surface area contributed by atoms with Crippen LogP contribution in [0.2, 0.25) is 0 Å². The molecule has 2 N–H and O–H groups in total. The van der Waals surface area contributed by atoms with E-state index in [0.717, 1.165) is 5.76 Å². The summed E-state index contributed by atoms with van der Waals surface area (Å²) < 4.78 is 5.32. The molecule has 1 aromatic rings. The van der Waals surface area contributed by atoms with Crippen molar-refractivity contribution in [3.63, 3.8) is 0 Å². The third-order valence-electron chi connectivity index (χ3n) is 3.03. The molecule has 1 fully saturated rings. The van der Waals surface area contributed by atoms with Gasteiger partial charge in [0.2, 0.25) is 0 Å². The monoisotopic (exact) mass is 179 g/mol. The summed E-state index contributed by atoms with van der Waals surface area (Å²) in [7, 11) is 0. The van der Waals surface area contributed by atoms with E-state index in [0.29, 0.717) is 5.92 Å². The number of hydrogen-bond donors (Lipinski definition) is 1. The van der Waals surface area contributed by atoms with Crippen molar-refractivity contribution in [1.82, 2.24) is 0 Å². The number of hydrogen-bond acceptors (Lipinski definition) is 2. The van der Waals surface area contributed by atoms with Crippen LogP contribution in [0.1, 0.15) is 43.9 Å². The maximum absolute atomic E-state index is 6.12. The molecule has 72 valence electrons. The van der Waals surface area contributed by atoms with E-state index in [4.69, 9.17) is 10.2 Å². The molecule has 2 rings (SSSR count). The van der Waals surface area contributed by atoms with E-state index in [1.54, 1.807) is 6.26 Å². The second kappa shape index (κ2) is 3.97. The maximum Gasteiger partial charge on any atom is 0.120 e. The van der Waals surface area contributed by atoms with Crippen molar-refractivity contribution in [3.05, 3.63) is 24.2 Å². The van der Waals surface area contributed by atoms with Crippen LogP contribution in [0.5, 0.6) is 0 Å². The van der Waals surface area contributed by atoms with Crippen molar-refractivity contribution in [3.8, 4) is 0 Å². The fourth-order valence-electron chi connectivity index (χ4n) is 2.21. The van der Waals surface area contributed by atoms with Gasteiger partial charge in [-0.15, -0.1) is 0 Å². The van der Waals surface area contributed by atoms with E-state index >= 15 is 0 Å². The fraction of sp³-hybridized carbons (Fsp3) is 0.636. The van der Waals surface area contributed by atoms with Crippen LogP contribution in [0, 0.1) is 5.92 Å². The van der Waals surface area contributed by atoms with Crippen LogP contribution in [0.3, 0.4) is 0 Å². The molecule has 0 saturated heterocycles. The summed E-state index contributed by atoms with van der Waals surface area (Å²) in [6.07, 6.45) is 8.28. The zero-order chi connectivity index (χ0) is 9.10. The number of furan rings is 1. The molecule has 1 atom stereocenters. The molecule has 0 bridgehead atoms. The highest BCUT2D eigenvalue weighted by Crippen LogP contribution is 2.32. The molecule has 2 nitrogen and oxygen atoms in total. The zero-order valence-electron chi connectivity index (χ0n) is 7.91. The predicted octanol–water partition coefficient (Wildman–Crippen LogP) is 2.86. The van der Waals surface area contributed by atoms with E-state index < -0.39 is 0 Å². The van der Waals surface area contributed by atoms with E-state index in [2.05, 4.69) is 0 Å². The Bertz CT molecular complexity index is 237. The first kappa shape index (κ1) is 8.82. The lowest BCUT2D eigenvalue weighted by Gasteiger charge is -2.25. The molecule has 2 heteroatoms. The van der Waals surface area contributed by atoms with Gasteiger partial charge < -0.3 is 10.2 Å². The minimum absolute atomic E-state index is 0.121. The Morgan fingerprint density at radius 2 is 2.08 bits per heavy atom. The van der Waals surface area contributed by atoms with E-state index in [-0.39, 0.29) is 6.04 Å². The van der Waals surface area contributed by atoms with Gasteiger partial charge in [-0.2, -0.15) is 0 Å². The Hall–Kier alpha value is -0.760. The fourth-order valence-corrected chi connectivity index (χ4v) is 2.21. The van der Waals surface area contributed by atoms with Crippen molar-refractivity contribution in [1.29, 1.82) is 0 Å². The molecule has 0 amide bonds. The van der Waals surface area contributed by atoms with E-state index in [9.17, 15) is 0 Å². The van der Waals surface area contributed by atoms with Crippen molar-refractivity contribution < 1.29 is 4.42 Å². The van der Waals surface area contributed by atoms with Crippen molar-refractivity contribution in [2.24, 2.45) is 11.7 Å². The van der Waals surface area contributed by atoms with Gasteiger partial charge >= 0.3 is 0 Å². The summed E-state index contributed by atoms with van der Waals surface area (Å²) in [5.41, 5.74) is 6.12. The topological polar surface area (TPSA) is 39.2 Å². The molecular formula is C11H17NO. The van der Waals surface area contributed by atoms with Crippen LogP contribution in [0.25, 0.3) is 0 Å². The molecule has 0 unspecified atom stereocenters. The lowest BCUT2D eigenvalue weighted by atomic mass is 9.83. The summed E-state index contributed by atoms with van der Waals surface area (Å²) >= 11 is 0. The Morgan fingerprint density at radius 3 is 2.69 bits per heavy atom. The highest BCUT2D eigenvalue weighted by atomic mass is 16.3. The average Bonchev–Trinajstić information content (AvgIpc) is 2.71. The van der Waals surface area contributed by atoms with E-state index in [1.165, 1.54) is 32.1 Å². The highest BCUT2D eigenvalue weighted by Gasteiger charge is 2.23. The van der Waals surface area contributed by atoms with Gasteiger partial charge in [0.05, 0.1) is 12.3 Å². The van der Waals surface area contributed by atoms with Gasteiger partial charge in [-0.3, -0.25) is 0 Å². The maximum atomic E-state index is 6.12. The average molecular weight is 179 g/mol. The van der Waals surface area contributed by atoms with Gasteiger partial charge in [0.25, 0.3) is 0 Å². The van der Waals surface area contributed by atoms with Crippen LogP contribution in [-0.4, -0.2) is 0 Å². The van der Waals surface area contributed by atoms with Gasteiger partial charge in [0.1, 0.15) is 5.76 Å². The molecule has 0 aromatic carbocycles. The first-order valence-corrected chi connectivity index (χ1v) is 5.17. The molecule has 0 aliphatic heterocycles. The highest BCUT2D eigenvalue weighted by molar-refractivity contribution is 5.05. The van der Waals surface area contributed by atoms with Gasteiger partial charge in [-0.05, 0) is 30.9 Å². The third-order valence-corrected chi connectivity index (χ3v) is 3.03. The van der Waals surface area contributed by atoms with Gasteiger partial charge in [0, 0.05) is 0 Å². The Kier molecular flexibility index (Phi) is 2.69. The van der Waals surface area contributed by atoms with Crippen LogP contribution >= 0.6 is 0 Å². The Balaban J connectivity index is 1.99. The standard InChI is InChI=1S/C11H17NO/c12-11(10-7-4-8-13-10)9-5-2-1-3-6-9/h4,7-9,11H,1-3,5-6,12H2/t11-/m1/s1. The molecule has 1 aromatic heterocycles. The zero-order valence-corrected chi connectivity index (χ0v) is 7.91.